The van der Waals surface area contributed by atoms with Gasteiger partial charge in [0.15, 0.2) is 11.5 Å². The third kappa shape index (κ3) is 5.11. The number of anilines is 2. The summed E-state index contributed by atoms with van der Waals surface area (Å²) in [6.07, 6.45) is 5.74. The molecule has 0 bridgehead atoms. The maximum absolute atomic E-state index is 14.3. The number of imidazole rings is 1. The predicted octanol–water partition coefficient (Wildman–Crippen LogP) is 2.78. The molecule has 2 amide bonds. The van der Waals surface area contributed by atoms with Crippen molar-refractivity contribution in [2.24, 2.45) is 0 Å². The summed E-state index contributed by atoms with van der Waals surface area (Å²) in [4.78, 5) is 67.8. The first-order valence-electron chi connectivity index (χ1n) is 13.1. The Bertz CT molecular complexity index is 2030. The van der Waals surface area contributed by atoms with Crippen molar-refractivity contribution in [1.29, 1.82) is 0 Å². The molecule has 43 heavy (non-hydrogen) atoms. The van der Waals surface area contributed by atoms with Crippen molar-refractivity contribution >= 4 is 45.6 Å². The molecule has 1 unspecified atom stereocenters. The molecule has 0 aliphatic carbocycles. The number of hydrogen-bond donors (Lipinski definition) is 5. The summed E-state index contributed by atoms with van der Waals surface area (Å²) in [7, 11) is 0. The first kappa shape index (κ1) is 27.1. The summed E-state index contributed by atoms with van der Waals surface area (Å²) < 4.78 is 1.48. The fourth-order valence-corrected chi connectivity index (χ4v) is 4.63. The molecule has 5 N–H and O–H groups in total. The highest BCUT2D eigenvalue weighted by Crippen LogP contribution is 2.27. The van der Waals surface area contributed by atoms with Gasteiger partial charge >= 0.3 is 0 Å². The van der Waals surface area contributed by atoms with E-state index < -0.39 is 23.4 Å². The van der Waals surface area contributed by atoms with Gasteiger partial charge in [-0.1, -0.05) is 31.2 Å². The number of H-pyrrole nitrogens is 1. The van der Waals surface area contributed by atoms with Crippen LogP contribution in [0, 0.1) is 0 Å². The van der Waals surface area contributed by atoms with E-state index in [1.807, 2.05) is 13.0 Å². The van der Waals surface area contributed by atoms with E-state index in [2.05, 4.69) is 40.5 Å². The number of hydrogen-bond acceptors (Lipinski definition) is 11. The molecule has 0 saturated heterocycles. The topological polar surface area (TPSA) is 206 Å². The summed E-state index contributed by atoms with van der Waals surface area (Å²) >= 11 is 0. The first-order valence-corrected chi connectivity index (χ1v) is 13.1. The predicted molar refractivity (Wildman–Crippen MR) is 155 cm³/mol. The molecule has 1 atom stereocenters. The highest BCUT2D eigenvalue weighted by molar-refractivity contribution is 6.11. The second-order valence-corrected chi connectivity index (χ2v) is 9.26. The van der Waals surface area contributed by atoms with Gasteiger partial charge in [0.1, 0.15) is 17.7 Å². The van der Waals surface area contributed by atoms with Crippen LogP contribution in [0.3, 0.4) is 0 Å². The van der Waals surface area contributed by atoms with Crippen molar-refractivity contribution in [3.8, 4) is 5.69 Å². The number of nitrogens with zero attached hydrogens (tertiary/aromatic N) is 7. The average Bonchev–Trinajstić information content (AvgIpc) is 3.53. The smallest absolute Gasteiger partial charge is 0.277 e. The SMILES string of the molecule is CCC(Nc1ncnc2nc[nH]c12)c1nc2cccc(C(=O)Nc3ncc(C(=O)NO)cn3)c2c(=O)n1-c1ccccc1. The maximum atomic E-state index is 14.3. The molecular formula is C28H23N11O4. The fraction of sp³-hybridized carbons (Fsp3) is 0.107. The van der Waals surface area contributed by atoms with Crippen LogP contribution in [-0.4, -0.2) is 56.5 Å². The quantitative estimate of drug-likeness (QED) is 0.131. The Morgan fingerprint density at radius 2 is 1.77 bits per heavy atom. The van der Waals surface area contributed by atoms with E-state index in [9.17, 15) is 14.4 Å². The molecule has 15 nitrogen and oxygen atoms in total. The maximum Gasteiger partial charge on any atom is 0.277 e. The summed E-state index contributed by atoms with van der Waals surface area (Å²) in [5.41, 5.74) is 3.05. The lowest BCUT2D eigenvalue weighted by Crippen LogP contribution is -2.30. The van der Waals surface area contributed by atoms with Crippen LogP contribution in [0.1, 0.15) is 45.9 Å². The molecule has 0 aliphatic heterocycles. The summed E-state index contributed by atoms with van der Waals surface area (Å²) in [6, 6.07) is 13.3. The van der Waals surface area contributed by atoms with E-state index in [4.69, 9.17) is 10.2 Å². The van der Waals surface area contributed by atoms with E-state index in [-0.39, 0.29) is 22.5 Å². The molecular weight excluding hydrogens is 554 g/mol. The summed E-state index contributed by atoms with van der Waals surface area (Å²) in [5, 5.41) is 14.8. The number of benzene rings is 2. The fourth-order valence-electron chi connectivity index (χ4n) is 4.63. The molecule has 0 aliphatic rings. The first-order chi connectivity index (χ1) is 21.0. The Labute approximate surface area is 242 Å². The molecule has 4 aromatic heterocycles. The highest BCUT2D eigenvalue weighted by Gasteiger charge is 2.24. The zero-order chi connectivity index (χ0) is 29.9. The molecule has 0 radical (unpaired) electrons. The second-order valence-electron chi connectivity index (χ2n) is 9.26. The minimum atomic E-state index is -0.802. The molecule has 214 valence electrons. The molecule has 15 heteroatoms. The van der Waals surface area contributed by atoms with Gasteiger partial charge in [-0.15, -0.1) is 0 Å². The molecule has 2 aromatic carbocycles. The second kappa shape index (κ2) is 11.4. The number of aromatic amines is 1. The largest absolute Gasteiger partial charge is 0.358 e. The van der Waals surface area contributed by atoms with Crippen LogP contribution in [0.2, 0.25) is 0 Å². The van der Waals surface area contributed by atoms with E-state index >= 15 is 0 Å². The number of nitrogens with one attached hydrogen (secondary N) is 4. The minimum absolute atomic E-state index is 0.0116. The van der Waals surface area contributed by atoms with Crippen LogP contribution in [0.25, 0.3) is 27.8 Å². The number of rotatable bonds is 8. The zero-order valence-corrected chi connectivity index (χ0v) is 22.5. The monoisotopic (exact) mass is 577 g/mol. The Hall–Kier alpha value is -6.09. The van der Waals surface area contributed by atoms with Gasteiger partial charge in [0.25, 0.3) is 17.4 Å². The number of aromatic nitrogens is 8. The molecule has 0 spiro atoms. The highest BCUT2D eigenvalue weighted by atomic mass is 16.5. The van der Waals surface area contributed by atoms with E-state index in [0.29, 0.717) is 40.4 Å². The number of carbonyl (C=O) groups excluding carboxylic acids is 2. The third-order valence-corrected chi connectivity index (χ3v) is 6.68. The van der Waals surface area contributed by atoms with Gasteiger partial charge in [0.05, 0.1) is 40.1 Å². The normalized spacial score (nSPS) is 11.8. The molecule has 4 heterocycles. The van der Waals surface area contributed by atoms with Gasteiger partial charge in [-0.2, -0.15) is 0 Å². The number of amides is 2. The van der Waals surface area contributed by atoms with Crippen molar-refractivity contribution in [3.63, 3.8) is 0 Å². The van der Waals surface area contributed by atoms with Crippen LogP contribution in [0.4, 0.5) is 11.8 Å². The van der Waals surface area contributed by atoms with E-state index in [1.54, 1.807) is 36.4 Å². The number of carbonyl (C=O) groups is 2. The van der Waals surface area contributed by atoms with Crippen LogP contribution >= 0.6 is 0 Å². The van der Waals surface area contributed by atoms with Crippen molar-refractivity contribution in [2.75, 3.05) is 10.6 Å². The molecule has 0 fully saturated rings. The van der Waals surface area contributed by atoms with Crippen molar-refractivity contribution in [2.45, 2.75) is 19.4 Å². The lowest BCUT2D eigenvalue weighted by molar-refractivity contribution is 0.0705. The zero-order valence-electron chi connectivity index (χ0n) is 22.5. The Morgan fingerprint density at radius 1 is 0.977 bits per heavy atom. The van der Waals surface area contributed by atoms with E-state index in [0.717, 1.165) is 12.4 Å². The van der Waals surface area contributed by atoms with Crippen LogP contribution in [0.5, 0.6) is 0 Å². The molecule has 6 rings (SSSR count). The summed E-state index contributed by atoms with van der Waals surface area (Å²) in [5.74, 6) is -0.641. The van der Waals surface area contributed by atoms with Crippen molar-refractivity contribution < 1.29 is 14.8 Å². The van der Waals surface area contributed by atoms with Gasteiger partial charge < -0.3 is 10.3 Å². The van der Waals surface area contributed by atoms with Gasteiger partial charge in [-0.25, -0.2) is 35.4 Å². The van der Waals surface area contributed by atoms with Crippen LogP contribution in [0.15, 0.2) is 78.4 Å². The van der Waals surface area contributed by atoms with E-state index in [1.165, 1.54) is 28.8 Å². The summed E-state index contributed by atoms with van der Waals surface area (Å²) in [6.45, 7) is 1.95. The lowest BCUT2D eigenvalue weighted by Gasteiger charge is -2.22. The van der Waals surface area contributed by atoms with Crippen molar-refractivity contribution in [1.82, 2.24) is 44.9 Å². The Balaban J connectivity index is 1.46. The van der Waals surface area contributed by atoms with Crippen molar-refractivity contribution in [3.05, 3.63) is 101 Å². The number of fused-ring (bicyclic) bond motifs is 2. The van der Waals surface area contributed by atoms with Gasteiger partial charge in [0, 0.05) is 12.4 Å². The van der Waals surface area contributed by atoms with Crippen LogP contribution in [-0.2, 0) is 0 Å². The lowest BCUT2D eigenvalue weighted by atomic mass is 10.1. The van der Waals surface area contributed by atoms with Gasteiger partial charge in [0.2, 0.25) is 5.95 Å². The van der Waals surface area contributed by atoms with Gasteiger partial charge in [-0.3, -0.25) is 29.5 Å². The average molecular weight is 578 g/mol. The number of hydroxylamine groups is 1. The minimum Gasteiger partial charge on any atom is -0.358 e. The molecule has 6 aromatic rings. The molecule has 0 saturated carbocycles. The van der Waals surface area contributed by atoms with Crippen LogP contribution < -0.4 is 21.7 Å². The Kier molecular flexibility index (Phi) is 7.20. The standard InChI is InChI=1S/C28H23N11O4/c1-2-18(35-23-21-22(32-13-31-21)33-14-34-23)24-36-19-10-6-9-17(20(19)27(42)39(24)16-7-4-3-5-8-16)26(41)37-28-29-11-15(12-30-28)25(40)38-43/h3-14,18,43H,2H2,1H3,(H,38,40)(H,29,30,37,41)(H2,31,32,33,34,35). The third-order valence-electron chi connectivity index (χ3n) is 6.68. The van der Waals surface area contributed by atoms with Gasteiger partial charge in [-0.05, 0) is 30.7 Å². The number of para-hydroxylation sites is 1. The Morgan fingerprint density at radius 3 is 2.51 bits per heavy atom.